The number of benzene rings is 1. The summed E-state index contributed by atoms with van der Waals surface area (Å²) in [6, 6.07) is 11.6. The molecule has 9 heteroatoms. The first kappa shape index (κ1) is 18.9. The summed E-state index contributed by atoms with van der Waals surface area (Å²) < 4.78 is 42.9. The van der Waals surface area contributed by atoms with Gasteiger partial charge in [0.25, 0.3) is 0 Å². The van der Waals surface area contributed by atoms with Crippen molar-refractivity contribution in [2.24, 2.45) is 0 Å². The number of sulfonamides is 1. The van der Waals surface area contributed by atoms with Crippen LogP contribution in [0.15, 0.2) is 58.0 Å². The van der Waals surface area contributed by atoms with Crippen molar-refractivity contribution in [3.8, 4) is 23.1 Å². The van der Waals surface area contributed by atoms with Crippen molar-refractivity contribution in [2.75, 3.05) is 20.3 Å². The van der Waals surface area contributed by atoms with Gasteiger partial charge >= 0.3 is 0 Å². The van der Waals surface area contributed by atoms with Crippen LogP contribution in [0.5, 0.6) is 11.6 Å². The first-order valence-corrected chi connectivity index (χ1v) is 9.62. The quantitative estimate of drug-likeness (QED) is 0.590. The Morgan fingerprint density at radius 2 is 2.00 bits per heavy atom. The Labute approximate surface area is 157 Å². The van der Waals surface area contributed by atoms with Gasteiger partial charge in [-0.2, -0.15) is 0 Å². The van der Waals surface area contributed by atoms with Gasteiger partial charge in [0.15, 0.2) is 5.76 Å². The van der Waals surface area contributed by atoms with Crippen LogP contribution in [-0.4, -0.2) is 38.9 Å². The lowest BCUT2D eigenvalue weighted by atomic mass is 10.2. The van der Waals surface area contributed by atoms with E-state index in [1.165, 1.54) is 13.2 Å². The maximum Gasteiger partial charge on any atom is 0.240 e. The van der Waals surface area contributed by atoms with Crippen molar-refractivity contribution in [2.45, 2.75) is 11.8 Å². The maximum atomic E-state index is 12.3. The van der Waals surface area contributed by atoms with Gasteiger partial charge in [-0.15, -0.1) is 10.2 Å². The van der Waals surface area contributed by atoms with Crippen LogP contribution in [0.1, 0.15) is 5.56 Å². The first-order chi connectivity index (χ1) is 13.0. The van der Waals surface area contributed by atoms with Crippen molar-refractivity contribution in [1.82, 2.24) is 14.9 Å². The minimum atomic E-state index is -3.63. The smallest absolute Gasteiger partial charge is 0.240 e. The third kappa shape index (κ3) is 4.63. The Morgan fingerprint density at radius 1 is 1.15 bits per heavy atom. The van der Waals surface area contributed by atoms with E-state index in [1.807, 2.05) is 0 Å². The number of aromatic nitrogens is 2. The SMILES string of the molecule is COc1ccc(S(=O)(=O)NCCOc2ccc(-c3ccco3)nn2)cc1C. The molecule has 0 spiro atoms. The van der Waals surface area contributed by atoms with Gasteiger partial charge in [0, 0.05) is 12.6 Å². The van der Waals surface area contributed by atoms with Gasteiger partial charge in [0.05, 0.1) is 18.3 Å². The maximum absolute atomic E-state index is 12.3. The molecule has 27 heavy (non-hydrogen) atoms. The lowest BCUT2D eigenvalue weighted by Gasteiger charge is -2.10. The van der Waals surface area contributed by atoms with Gasteiger partial charge in [-0.1, -0.05) is 0 Å². The molecule has 0 unspecified atom stereocenters. The van der Waals surface area contributed by atoms with E-state index in [2.05, 4.69) is 14.9 Å². The highest BCUT2D eigenvalue weighted by atomic mass is 32.2. The summed E-state index contributed by atoms with van der Waals surface area (Å²) in [7, 11) is -2.09. The van der Waals surface area contributed by atoms with E-state index >= 15 is 0 Å². The number of furan rings is 1. The highest BCUT2D eigenvalue weighted by molar-refractivity contribution is 7.89. The molecule has 0 atom stereocenters. The van der Waals surface area contributed by atoms with E-state index in [4.69, 9.17) is 13.9 Å². The van der Waals surface area contributed by atoms with Crippen LogP contribution in [0.2, 0.25) is 0 Å². The summed E-state index contributed by atoms with van der Waals surface area (Å²) in [5.41, 5.74) is 1.33. The summed E-state index contributed by atoms with van der Waals surface area (Å²) in [6.07, 6.45) is 1.55. The number of aryl methyl sites for hydroxylation is 1. The third-order valence-corrected chi connectivity index (χ3v) is 5.19. The molecule has 0 aliphatic rings. The van der Waals surface area contributed by atoms with Crippen LogP contribution in [0.4, 0.5) is 0 Å². The minimum absolute atomic E-state index is 0.0923. The number of hydrogen-bond donors (Lipinski definition) is 1. The molecule has 0 fully saturated rings. The molecule has 3 rings (SSSR count). The zero-order valence-electron chi connectivity index (χ0n) is 14.9. The van der Waals surface area contributed by atoms with E-state index in [1.54, 1.807) is 49.6 Å². The summed E-state index contributed by atoms with van der Waals surface area (Å²) in [5, 5.41) is 7.94. The zero-order chi connectivity index (χ0) is 19.3. The van der Waals surface area contributed by atoms with Crippen LogP contribution >= 0.6 is 0 Å². The Bertz CT molecular complexity index is 986. The predicted molar refractivity (Wildman–Crippen MR) is 98.1 cm³/mol. The molecule has 0 aliphatic heterocycles. The number of nitrogens with one attached hydrogen (secondary N) is 1. The molecule has 1 aromatic carbocycles. The topological polar surface area (TPSA) is 104 Å². The second-order valence-electron chi connectivity index (χ2n) is 5.61. The van der Waals surface area contributed by atoms with E-state index in [0.717, 1.165) is 5.56 Å². The fourth-order valence-corrected chi connectivity index (χ4v) is 3.48. The zero-order valence-corrected chi connectivity index (χ0v) is 15.7. The molecule has 0 amide bonds. The number of hydrogen-bond acceptors (Lipinski definition) is 7. The lowest BCUT2D eigenvalue weighted by Crippen LogP contribution is -2.28. The van der Waals surface area contributed by atoms with Gasteiger partial charge in [-0.25, -0.2) is 13.1 Å². The molecule has 0 saturated heterocycles. The van der Waals surface area contributed by atoms with Crippen molar-refractivity contribution < 1.29 is 22.3 Å². The van der Waals surface area contributed by atoms with E-state index < -0.39 is 10.0 Å². The molecular formula is C18H19N3O5S. The molecule has 3 aromatic rings. The molecule has 0 saturated carbocycles. The van der Waals surface area contributed by atoms with Gasteiger partial charge < -0.3 is 13.9 Å². The molecule has 0 bridgehead atoms. The summed E-state index contributed by atoms with van der Waals surface area (Å²) in [5.74, 6) is 1.54. The van der Waals surface area contributed by atoms with Gasteiger partial charge in [-0.3, -0.25) is 0 Å². The fraction of sp³-hybridized carbons (Fsp3) is 0.222. The fourth-order valence-electron chi connectivity index (χ4n) is 2.39. The molecular weight excluding hydrogens is 370 g/mol. The minimum Gasteiger partial charge on any atom is -0.496 e. The van der Waals surface area contributed by atoms with E-state index in [-0.39, 0.29) is 18.0 Å². The Morgan fingerprint density at radius 3 is 2.63 bits per heavy atom. The molecule has 2 heterocycles. The van der Waals surface area contributed by atoms with Crippen LogP contribution < -0.4 is 14.2 Å². The van der Waals surface area contributed by atoms with Gasteiger partial charge in [0.2, 0.25) is 15.9 Å². The number of rotatable bonds is 8. The Balaban J connectivity index is 1.52. The molecule has 1 N–H and O–H groups in total. The summed E-state index contributed by atoms with van der Waals surface area (Å²) in [6.45, 7) is 1.99. The second-order valence-corrected chi connectivity index (χ2v) is 7.38. The molecule has 2 aromatic heterocycles. The van der Waals surface area contributed by atoms with Crippen LogP contribution in [-0.2, 0) is 10.0 Å². The monoisotopic (exact) mass is 389 g/mol. The number of nitrogens with zero attached hydrogens (tertiary/aromatic N) is 2. The average Bonchev–Trinajstić information content (AvgIpc) is 3.20. The Kier molecular flexibility index (Phi) is 5.72. The van der Waals surface area contributed by atoms with Crippen LogP contribution in [0, 0.1) is 6.92 Å². The second kappa shape index (κ2) is 8.19. The highest BCUT2D eigenvalue weighted by Gasteiger charge is 2.15. The largest absolute Gasteiger partial charge is 0.496 e. The van der Waals surface area contributed by atoms with Gasteiger partial charge in [-0.05, 0) is 48.9 Å². The summed E-state index contributed by atoms with van der Waals surface area (Å²) >= 11 is 0. The third-order valence-electron chi connectivity index (χ3n) is 3.73. The first-order valence-electron chi connectivity index (χ1n) is 8.14. The molecule has 8 nitrogen and oxygen atoms in total. The number of methoxy groups -OCH3 is 1. The standard InChI is InChI=1S/C18H19N3O5S/c1-13-12-14(5-7-16(13)24-2)27(22,23)19-9-11-26-18-8-6-15(20-21-18)17-4-3-10-25-17/h3-8,10,12,19H,9,11H2,1-2H3. The van der Waals surface area contributed by atoms with Crippen molar-refractivity contribution in [1.29, 1.82) is 0 Å². The molecule has 0 aliphatic carbocycles. The summed E-state index contributed by atoms with van der Waals surface area (Å²) in [4.78, 5) is 0.170. The Hall–Kier alpha value is -2.91. The molecule has 0 radical (unpaired) electrons. The van der Waals surface area contributed by atoms with E-state index in [0.29, 0.717) is 23.1 Å². The normalized spacial score (nSPS) is 11.3. The molecule has 142 valence electrons. The number of ether oxygens (including phenoxy) is 2. The van der Waals surface area contributed by atoms with Crippen LogP contribution in [0.25, 0.3) is 11.5 Å². The average molecular weight is 389 g/mol. The highest BCUT2D eigenvalue weighted by Crippen LogP contribution is 2.21. The predicted octanol–water partition coefficient (Wildman–Crippen LogP) is 2.41. The van der Waals surface area contributed by atoms with Crippen molar-refractivity contribution >= 4 is 10.0 Å². The van der Waals surface area contributed by atoms with Crippen molar-refractivity contribution in [3.05, 3.63) is 54.3 Å². The van der Waals surface area contributed by atoms with Crippen molar-refractivity contribution in [3.63, 3.8) is 0 Å². The van der Waals surface area contributed by atoms with E-state index in [9.17, 15) is 8.42 Å². The van der Waals surface area contributed by atoms with Crippen LogP contribution in [0.3, 0.4) is 0 Å². The lowest BCUT2D eigenvalue weighted by molar-refractivity contribution is 0.307. The van der Waals surface area contributed by atoms with Gasteiger partial charge in [0.1, 0.15) is 18.1 Å².